The summed E-state index contributed by atoms with van der Waals surface area (Å²) in [7, 11) is 1.45. The van der Waals surface area contributed by atoms with Crippen molar-refractivity contribution in [3.63, 3.8) is 0 Å². The summed E-state index contributed by atoms with van der Waals surface area (Å²) >= 11 is 6.07. The number of methoxy groups -OCH3 is 1. The molecule has 8 nitrogen and oxygen atoms in total. The number of carbonyl (C=O) groups excluding carboxylic acids is 2. The van der Waals surface area contributed by atoms with Crippen molar-refractivity contribution in [3.05, 3.63) is 52.7 Å². The minimum atomic E-state index is -1.18. The molecule has 1 aliphatic heterocycles. The maximum Gasteiger partial charge on any atom is 0.319 e. The molecular formula is C24H21ClF2N4O4. The number of aromatic nitrogens is 1. The third kappa shape index (κ3) is 4.53. The minimum absolute atomic E-state index is 0.0579. The predicted octanol–water partition coefficient (Wildman–Crippen LogP) is 5.10. The number of halogens is 3. The highest BCUT2D eigenvalue weighted by atomic mass is 35.5. The van der Waals surface area contributed by atoms with E-state index in [2.05, 4.69) is 15.6 Å². The Morgan fingerprint density at radius 2 is 1.94 bits per heavy atom. The van der Waals surface area contributed by atoms with Crippen LogP contribution in [0.5, 0.6) is 17.2 Å². The van der Waals surface area contributed by atoms with Gasteiger partial charge in [0.1, 0.15) is 16.5 Å². The molecule has 2 aromatic carbocycles. The smallest absolute Gasteiger partial charge is 0.319 e. The third-order valence-corrected chi connectivity index (χ3v) is 6.26. The molecule has 1 aliphatic carbocycles. The van der Waals surface area contributed by atoms with Crippen LogP contribution in [0, 0.1) is 11.6 Å². The normalized spacial score (nSPS) is 14.9. The SMILES string of the molecule is COc1cc2nccc(Oc3c(F)cc(NC(=O)NC4CC4)c(Cl)c3F)c2cc1C(=O)N1CCC1. The molecule has 1 saturated carbocycles. The van der Waals surface area contributed by atoms with Gasteiger partial charge in [-0.25, -0.2) is 13.6 Å². The fourth-order valence-electron chi connectivity index (χ4n) is 3.71. The van der Waals surface area contributed by atoms with Crippen molar-refractivity contribution in [2.75, 3.05) is 25.5 Å². The molecule has 182 valence electrons. The molecule has 3 amide bonds. The number of rotatable bonds is 6. The van der Waals surface area contributed by atoms with Crippen molar-refractivity contribution in [1.82, 2.24) is 15.2 Å². The van der Waals surface area contributed by atoms with Crippen LogP contribution in [0.2, 0.25) is 5.02 Å². The van der Waals surface area contributed by atoms with Gasteiger partial charge < -0.3 is 25.0 Å². The molecule has 1 aromatic heterocycles. The number of anilines is 1. The molecule has 2 heterocycles. The van der Waals surface area contributed by atoms with E-state index in [0.717, 1.165) is 25.3 Å². The van der Waals surface area contributed by atoms with Gasteiger partial charge in [0, 0.05) is 42.8 Å². The van der Waals surface area contributed by atoms with Gasteiger partial charge in [0.15, 0.2) is 17.4 Å². The number of pyridine rings is 1. The van der Waals surface area contributed by atoms with Gasteiger partial charge in [-0.3, -0.25) is 9.78 Å². The molecular weight excluding hydrogens is 482 g/mol. The fourth-order valence-corrected chi connectivity index (χ4v) is 3.89. The molecule has 2 aliphatic rings. The van der Waals surface area contributed by atoms with Crippen LogP contribution in [-0.4, -0.2) is 48.1 Å². The molecule has 2 N–H and O–H groups in total. The number of hydrogen-bond donors (Lipinski definition) is 2. The average Bonchev–Trinajstić information content (AvgIpc) is 3.62. The number of ether oxygens (including phenoxy) is 2. The zero-order valence-electron chi connectivity index (χ0n) is 18.7. The molecule has 0 atom stereocenters. The van der Waals surface area contributed by atoms with Crippen molar-refractivity contribution in [3.8, 4) is 17.2 Å². The van der Waals surface area contributed by atoms with Crippen molar-refractivity contribution in [1.29, 1.82) is 0 Å². The summed E-state index contributed by atoms with van der Waals surface area (Å²) in [4.78, 5) is 30.8. The molecule has 0 radical (unpaired) electrons. The lowest BCUT2D eigenvalue weighted by atomic mass is 10.1. The molecule has 5 rings (SSSR count). The highest BCUT2D eigenvalue weighted by molar-refractivity contribution is 6.34. The van der Waals surface area contributed by atoms with Crippen molar-refractivity contribution < 1.29 is 27.8 Å². The summed E-state index contributed by atoms with van der Waals surface area (Å²) < 4.78 is 40.9. The second-order valence-corrected chi connectivity index (χ2v) is 8.74. The van der Waals surface area contributed by atoms with E-state index in [0.29, 0.717) is 29.7 Å². The Hall–Kier alpha value is -3.66. The number of hydrogen-bond acceptors (Lipinski definition) is 5. The van der Waals surface area contributed by atoms with Gasteiger partial charge >= 0.3 is 6.03 Å². The van der Waals surface area contributed by atoms with E-state index in [9.17, 15) is 14.0 Å². The Balaban J connectivity index is 1.49. The van der Waals surface area contributed by atoms with E-state index in [1.165, 1.54) is 25.4 Å². The highest BCUT2D eigenvalue weighted by Crippen LogP contribution is 2.39. The van der Waals surface area contributed by atoms with Crippen LogP contribution in [0.1, 0.15) is 29.6 Å². The van der Waals surface area contributed by atoms with Crippen LogP contribution in [-0.2, 0) is 0 Å². The van der Waals surface area contributed by atoms with Crippen LogP contribution in [0.15, 0.2) is 30.5 Å². The van der Waals surface area contributed by atoms with E-state index >= 15 is 4.39 Å². The lowest BCUT2D eigenvalue weighted by molar-refractivity contribution is 0.0648. The second kappa shape index (κ2) is 9.18. The number of urea groups is 1. The average molecular weight is 503 g/mol. The van der Waals surface area contributed by atoms with Crippen LogP contribution >= 0.6 is 11.6 Å². The summed E-state index contributed by atoms with van der Waals surface area (Å²) in [5, 5.41) is 4.86. The zero-order chi connectivity index (χ0) is 24.7. The summed E-state index contributed by atoms with van der Waals surface area (Å²) in [6, 6.07) is 4.87. The molecule has 0 unspecified atom stereocenters. The molecule has 11 heteroatoms. The summed E-state index contributed by atoms with van der Waals surface area (Å²) in [5.74, 6) is -2.81. The molecule has 1 saturated heterocycles. The Labute approximate surface area is 204 Å². The van der Waals surface area contributed by atoms with Gasteiger partial charge in [-0.15, -0.1) is 0 Å². The quantitative estimate of drug-likeness (QED) is 0.458. The minimum Gasteiger partial charge on any atom is -0.496 e. The first kappa shape index (κ1) is 23.1. The highest BCUT2D eigenvalue weighted by Gasteiger charge is 2.27. The number of benzene rings is 2. The summed E-state index contributed by atoms with van der Waals surface area (Å²) in [6.07, 6.45) is 4.04. The molecule has 0 spiro atoms. The van der Waals surface area contributed by atoms with E-state index in [1.54, 1.807) is 11.0 Å². The number of nitrogens with zero attached hydrogens (tertiary/aromatic N) is 2. The lowest BCUT2D eigenvalue weighted by Crippen LogP contribution is -2.42. The first-order valence-corrected chi connectivity index (χ1v) is 11.4. The van der Waals surface area contributed by atoms with Crippen molar-refractivity contribution in [2.45, 2.75) is 25.3 Å². The van der Waals surface area contributed by atoms with E-state index in [4.69, 9.17) is 21.1 Å². The van der Waals surface area contributed by atoms with E-state index in [1.807, 2.05) is 0 Å². The molecule has 2 fully saturated rings. The number of likely N-dealkylation sites (tertiary alicyclic amines) is 1. The number of carbonyl (C=O) groups is 2. The van der Waals surface area contributed by atoms with Crippen LogP contribution in [0.4, 0.5) is 19.3 Å². The van der Waals surface area contributed by atoms with Crippen LogP contribution in [0.3, 0.4) is 0 Å². The first-order valence-electron chi connectivity index (χ1n) is 11.0. The number of nitrogens with one attached hydrogen (secondary N) is 2. The predicted molar refractivity (Wildman–Crippen MR) is 125 cm³/mol. The molecule has 0 bridgehead atoms. The number of fused-ring (bicyclic) bond motifs is 1. The Bertz CT molecular complexity index is 1350. The summed E-state index contributed by atoms with van der Waals surface area (Å²) in [6.45, 7) is 1.29. The van der Waals surface area contributed by atoms with Gasteiger partial charge in [0.05, 0.1) is 23.9 Å². The van der Waals surface area contributed by atoms with Crippen molar-refractivity contribution in [2.24, 2.45) is 0 Å². The Kier molecular flexibility index (Phi) is 6.06. The van der Waals surface area contributed by atoms with Gasteiger partial charge in [-0.05, 0) is 31.4 Å². The standard InChI is InChI=1S/C24H21ClF2N4O4/c1-34-19-11-16-13(9-14(19)23(32)31-7-2-8-31)18(5-6-28-16)35-22-15(26)10-17(20(25)21(22)27)30-24(33)29-12-3-4-12/h5-6,9-12H,2-4,7-8H2,1H3,(H2,29,30,33). The Morgan fingerprint density at radius 3 is 2.60 bits per heavy atom. The van der Waals surface area contributed by atoms with Gasteiger partial charge in [-0.1, -0.05) is 11.6 Å². The zero-order valence-corrected chi connectivity index (χ0v) is 19.4. The monoisotopic (exact) mass is 502 g/mol. The molecule has 35 heavy (non-hydrogen) atoms. The summed E-state index contributed by atoms with van der Waals surface area (Å²) in [5.41, 5.74) is 0.470. The fraction of sp³-hybridized carbons (Fsp3) is 0.292. The maximum atomic E-state index is 15.1. The topological polar surface area (TPSA) is 92.8 Å². The third-order valence-electron chi connectivity index (χ3n) is 5.89. The lowest BCUT2D eigenvalue weighted by Gasteiger charge is -2.31. The van der Waals surface area contributed by atoms with E-state index < -0.39 is 28.4 Å². The van der Waals surface area contributed by atoms with Crippen LogP contribution in [0.25, 0.3) is 10.9 Å². The van der Waals surface area contributed by atoms with Crippen molar-refractivity contribution >= 4 is 40.1 Å². The van der Waals surface area contributed by atoms with Gasteiger partial charge in [-0.2, -0.15) is 0 Å². The van der Waals surface area contributed by atoms with Gasteiger partial charge in [0.2, 0.25) is 0 Å². The first-order chi connectivity index (χ1) is 16.9. The maximum absolute atomic E-state index is 15.1. The van der Waals surface area contributed by atoms with E-state index in [-0.39, 0.29) is 28.9 Å². The molecule has 3 aromatic rings. The van der Waals surface area contributed by atoms with Crippen LogP contribution < -0.4 is 20.1 Å². The number of amides is 3. The van der Waals surface area contributed by atoms with Gasteiger partial charge in [0.25, 0.3) is 5.91 Å². The Morgan fingerprint density at radius 1 is 1.17 bits per heavy atom. The second-order valence-electron chi connectivity index (χ2n) is 8.36. The largest absolute Gasteiger partial charge is 0.496 e.